The second-order valence-electron chi connectivity index (χ2n) is 11.1. The SMILES string of the molecule is C=C(F)C(=O)N1CCN(c2nc(OC[C@@H]3CCCN3C)nc3c2CCN(c2cccc4scc(F)c24)C3)C[C@@H]1CC#N. The lowest BCUT2D eigenvalue weighted by atomic mass is 10.0. The molecule has 2 atom stereocenters. The molecule has 0 bridgehead atoms. The molecule has 1 aromatic carbocycles. The second-order valence-corrected chi connectivity index (χ2v) is 12.0. The molecule has 2 fully saturated rings. The Hall–Kier alpha value is -3.82. The van der Waals surface area contributed by atoms with Crippen molar-refractivity contribution in [1.29, 1.82) is 5.26 Å². The van der Waals surface area contributed by atoms with Crippen LogP contribution in [0, 0.1) is 17.1 Å². The maximum atomic E-state index is 14.8. The van der Waals surface area contributed by atoms with Gasteiger partial charge >= 0.3 is 6.01 Å². The van der Waals surface area contributed by atoms with Crippen molar-refractivity contribution in [2.24, 2.45) is 0 Å². The highest BCUT2D eigenvalue weighted by atomic mass is 32.1. The lowest BCUT2D eigenvalue weighted by molar-refractivity contribution is -0.131. The molecule has 1 amide bonds. The Balaban J connectivity index is 1.33. The van der Waals surface area contributed by atoms with Crippen molar-refractivity contribution in [2.45, 2.75) is 44.3 Å². The van der Waals surface area contributed by atoms with E-state index in [2.05, 4.69) is 34.4 Å². The zero-order valence-corrected chi connectivity index (χ0v) is 24.4. The Morgan fingerprint density at radius 2 is 2.07 bits per heavy atom. The van der Waals surface area contributed by atoms with Crippen LogP contribution in [0.2, 0.25) is 0 Å². The Labute approximate surface area is 247 Å². The summed E-state index contributed by atoms with van der Waals surface area (Å²) in [6.07, 6.45) is 2.85. The second kappa shape index (κ2) is 11.8. The molecule has 0 N–H and O–H groups in total. The lowest BCUT2D eigenvalue weighted by Crippen LogP contribution is -2.55. The molecule has 3 aliphatic rings. The third kappa shape index (κ3) is 5.39. The van der Waals surface area contributed by atoms with E-state index >= 15 is 0 Å². The third-order valence-corrected chi connectivity index (χ3v) is 9.49. The van der Waals surface area contributed by atoms with Gasteiger partial charge in [0.25, 0.3) is 5.91 Å². The van der Waals surface area contributed by atoms with Crippen molar-refractivity contribution in [2.75, 3.05) is 56.2 Å². The van der Waals surface area contributed by atoms with E-state index in [1.807, 2.05) is 18.2 Å². The van der Waals surface area contributed by atoms with Crippen molar-refractivity contribution in [3.63, 3.8) is 0 Å². The summed E-state index contributed by atoms with van der Waals surface area (Å²) < 4.78 is 35.6. The topological polar surface area (TPSA) is 88.8 Å². The van der Waals surface area contributed by atoms with Crippen molar-refractivity contribution in [3.8, 4) is 12.1 Å². The molecule has 9 nitrogen and oxygen atoms in total. The molecule has 3 aromatic rings. The van der Waals surface area contributed by atoms with Gasteiger partial charge in [-0.1, -0.05) is 12.6 Å². The van der Waals surface area contributed by atoms with Crippen LogP contribution in [-0.4, -0.2) is 84.1 Å². The van der Waals surface area contributed by atoms with E-state index in [-0.39, 0.29) is 30.8 Å². The molecule has 0 unspecified atom stereocenters. The summed E-state index contributed by atoms with van der Waals surface area (Å²) in [5.41, 5.74) is 2.61. The number of aromatic nitrogens is 2. The van der Waals surface area contributed by atoms with Gasteiger partial charge in [-0.25, -0.2) is 8.78 Å². The van der Waals surface area contributed by atoms with Crippen LogP contribution in [0.1, 0.15) is 30.5 Å². The Kier molecular flexibility index (Phi) is 7.96. The normalized spacial score (nSPS) is 21.0. The molecule has 0 saturated carbocycles. The molecular weight excluding hydrogens is 560 g/mol. The number of rotatable bonds is 7. The van der Waals surface area contributed by atoms with E-state index in [0.717, 1.165) is 41.0 Å². The van der Waals surface area contributed by atoms with Gasteiger partial charge in [0, 0.05) is 53.6 Å². The number of nitrogens with zero attached hydrogens (tertiary/aromatic N) is 7. The number of likely N-dealkylation sites (tertiary alicyclic amines) is 1. The fraction of sp³-hybridized carbons (Fsp3) is 0.467. The number of hydrogen-bond donors (Lipinski definition) is 0. The summed E-state index contributed by atoms with van der Waals surface area (Å²) in [6, 6.07) is 8.00. The molecule has 0 aliphatic carbocycles. The Bertz CT molecular complexity index is 1560. The number of nitriles is 1. The average molecular weight is 594 g/mol. The minimum absolute atomic E-state index is 0.0597. The number of carbonyl (C=O) groups is 1. The third-order valence-electron chi connectivity index (χ3n) is 8.57. The number of benzene rings is 1. The van der Waals surface area contributed by atoms with Crippen molar-refractivity contribution >= 4 is 38.8 Å². The van der Waals surface area contributed by atoms with Crippen LogP contribution < -0.4 is 14.5 Å². The number of likely N-dealkylation sites (N-methyl/N-ethyl adjacent to an activating group) is 1. The highest BCUT2D eigenvalue weighted by Gasteiger charge is 2.35. The standard InChI is InChI=1S/C30H33F2N7O2S/c1-19(31)29(40)39-14-13-38(15-20(39)8-10-33)28-22-9-12-37(25-6-3-7-26-27(25)23(32)18-42-26)16-24(22)34-30(35-28)41-17-21-5-4-11-36(21)2/h3,6-7,18,20-21H,1,4-5,8-9,11-17H2,2H3/t20-,21-/m0/s1. The van der Waals surface area contributed by atoms with E-state index in [1.54, 1.807) is 5.38 Å². The molecule has 3 aliphatic heterocycles. The number of thiophene rings is 1. The molecule has 2 saturated heterocycles. The summed E-state index contributed by atoms with van der Waals surface area (Å²) >= 11 is 1.39. The number of fused-ring (bicyclic) bond motifs is 2. The first-order valence-corrected chi connectivity index (χ1v) is 15.1. The minimum Gasteiger partial charge on any atom is -0.462 e. The molecule has 42 heavy (non-hydrogen) atoms. The fourth-order valence-corrected chi connectivity index (χ4v) is 7.15. The number of anilines is 2. The van der Waals surface area contributed by atoms with Crippen LogP contribution in [0.4, 0.5) is 20.3 Å². The van der Waals surface area contributed by atoms with Crippen molar-refractivity contribution in [3.05, 3.63) is 53.1 Å². The summed E-state index contributed by atoms with van der Waals surface area (Å²) in [4.78, 5) is 30.0. The zero-order chi connectivity index (χ0) is 29.4. The van der Waals surface area contributed by atoms with Crippen LogP contribution in [0.15, 0.2) is 36.0 Å². The fourth-order valence-electron chi connectivity index (χ4n) is 6.33. The van der Waals surface area contributed by atoms with Gasteiger partial charge in [0.1, 0.15) is 18.2 Å². The highest BCUT2D eigenvalue weighted by molar-refractivity contribution is 7.17. The minimum atomic E-state index is -1.03. The van der Waals surface area contributed by atoms with Crippen molar-refractivity contribution in [1.82, 2.24) is 19.8 Å². The summed E-state index contributed by atoms with van der Waals surface area (Å²) in [7, 11) is 2.09. The van der Waals surface area contributed by atoms with Crippen LogP contribution >= 0.6 is 11.3 Å². The van der Waals surface area contributed by atoms with Crippen LogP contribution in [0.25, 0.3) is 10.1 Å². The molecule has 0 radical (unpaired) electrons. The number of hydrogen-bond acceptors (Lipinski definition) is 9. The molecule has 220 valence electrons. The monoisotopic (exact) mass is 593 g/mol. The molecule has 12 heteroatoms. The highest BCUT2D eigenvalue weighted by Crippen LogP contribution is 2.37. The van der Waals surface area contributed by atoms with Crippen molar-refractivity contribution < 1.29 is 18.3 Å². The smallest absolute Gasteiger partial charge is 0.318 e. The van der Waals surface area contributed by atoms with Gasteiger partial charge in [0.15, 0.2) is 5.83 Å². The van der Waals surface area contributed by atoms with Gasteiger partial charge in [0.2, 0.25) is 0 Å². The summed E-state index contributed by atoms with van der Waals surface area (Å²) in [5, 5.41) is 11.6. The first-order valence-electron chi connectivity index (χ1n) is 14.2. The summed E-state index contributed by atoms with van der Waals surface area (Å²) in [6.45, 7) is 6.74. The van der Waals surface area contributed by atoms with Gasteiger partial charge in [-0.05, 0) is 45.0 Å². The zero-order valence-electron chi connectivity index (χ0n) is 23.6. The van der Waals surface area contributed by atoms with E-state index in [4.69, 9.17) is 14.7 Å². The Morgan fingerprint density at radius 3 is 2.83 bits per heavy atom. The predicted octanol–water partition coefficient (Wildman–Crippen LogP) is 4.28. The van der Waals surface area contributed by atoms with Crippen LogP contribution in [-0.2, 0) is 17.8 Å². The number of amides is 1. The van der Waals surface area contributed by atoms with Gasteiger partial charge < -0.3 is 24.3 Å². The lowest BCUT2D eigenvalue weighted by Gasteiger charge is -2.42. The maximum absolute atomic E-state index is 14.8. The molecule has 0 spiro atoms. The predicted molar refractivity (Wildman–Crippen MR) is 158 cm³/mol. The van der Waals surface area contributed by atoms with E-state index < -0.39 is 17.8 Å². The van der Waals surface area contributed by atoms with E-state index in [0.29, 0.717) is 50.4 Å². The van der Waals surface area contributed by atoms with Crippen LogP contribution in [0.3, 0.4) is 0 Å². The first kappa shape index (κ1) is 28.3. The number of piperazine rings is 1. The summed E-state index contributed by atoms with van der Waals surface area (Å²) in [5.74, 6) is -1.33. The Morgan fingerprint density at radius 1 is 1.21 bits per heavy atom. The number of ether oxygens (including phenoxy) is 1. The number of carbonyl (C=O) groups excluding carboxylic acids is 1. The average Bonchev–Trinajstić information content (AvgIpc) is 3.59. The van der Waals surface area contributed by atoms with Gasteiger partial charge in [-0.3, -0.25) is 4.79 Å². The van der Waals surface area contributed by atoms with E-state index in [1.165, 1.54) is 16.2 Å². The maximum Gasteiger partial charge on any atom is 0.318 e. The van der Waals surface area contributed by atoms with Crippen LogP contribution in [0.5, 0.6) is 6.01 Å². The quantitative estimate of drug-likeness (QED) is 0.375. The number of halogens is 2. The molecular formula is C30H33F2N7O2S. The van der Waals surface area contributed by atoms with Gasteiger partial charge in [0.05, 0.1) is 36.2 Å². The van der Waals surface area contributed by atoms with E-state index in [9.17, 15) is 18.8 Å². The first-order chi connectivity index (χ1) is 20.3. The molecule has 6 rings (SSSR count). The largest absolute Gasteiger partial charge is 0.462 e. The molecule has 5 heterocycles. The van der Waals surface area contributed by atoms with Gasteiger partial charge in [-0.15, -0.1) is 11.3 Å². The molecule has 2 aromatic heterocycles. The van der Waals surface area contributed by atoms with Gasteiger partial charge in [-0.2, -0.15) is 15.2 Å².